The number of anilines is 2. The van der Waals surface area contributed by atoms with E-state index in [2.05, 4.69) is 10.6 Å². The van der Waals surface area contributed by atoms with Gasteiger partial charge in [0.15, 0.2) is 0 Å². The highest BCUT2D eigenvalue weighted by molar-refractivity contribution is 6.01. The Kier molecular flexibility index (Phi) is 15.6. The van der Waals surface area contributed by atoms with Crippen LogP contribution in [0.1, 0.15) is 73.8 Å². The summed E-state index contributed by atoms with van der Waals surface area (Å²) in [6.45, 7) is 3.24. The van der Waals surface area contributed by atoms with Gasteiger partial charge in [0, 0.05) is 37.9 Å². The lowest BCUT2D eigenvalue weighted by molar-refractivity contribution is -0.141. The highest BCUT2D eigenvalue weighted by Gasteiger charge is 2.31. The Morgan fingerprint density at radius 2 is 1.65 bits per heavy atom. The first-order valence-corrected chi connectivity index (χ1v) is 15.9. The molecule has 262 valence electrons. The van der Waals surface area contributed by atoms with Crippen molar-refractivity contribution in [2.45, 2.75) is 70.8 Å². The third kappa shape index (κ3) is 13.1. The number of unbranched alkanes of at least 4 members (excludes halogenated alkanes) is 4. The van der Waals surface area contributed by atoms with Gasteiger partial charge in [-0.25, -0.2) is 9.59 Å². The highest BCUT2D eigenvalue weighted by Crippen LogP contribution is 2.31. The number of carbonyl (C=O) groups is 2. The molecule has 0 fully saturated rings. The Balaban J connectivity index is 1.30. The summed E-state index contributed by atoms with van der Waals surface area (Å²) >= 11 is 0. The minimum atomic E-state index is -4.58. The molecular weight excluding hydrogens is 631 g/mol. The maximum Gasteiger partial charge on any atom is 0.416 e. The minimum absolute atomic E-state index is 0.00621. The number of benzene rings is 3. The summed E-state index contributed by atoms with van der Waals surface area (Å²) in [4.78, 5) is 29.7. The van der Waals surface area contributed by atoms with Gasteiger partial charge in [0.1, 0.15) is 5.75 Å². The summed E-state index contributed by atoms with van der Waals surface area (Å²) in [6, 6.07) is 14.8. The van der Waals surface area contributed by atoms with Crippen LogP contribution in [-0.4, -0.2) is 53.6 Å². The normalized spacial score (nSPS) is 12.0. The van der Waals surface area contributed by atoms with Crippen molar-refractivity contribution in [3.63, 3.8) is 0 Å². The number of nitrogens with zero attached hydrogens (tertiary/aromatic N) is 1. The third-order valence-corrected chi connectivity index (χ3v) is 7.38. The number of ether oxygens (including phenoxy) is 1. The molecule has 1 atom stereocenters. The van der Waals surface area contributed by atoms with Gasteiger partial charge in [-0.05, 0) is 92.2 Å². The Hall–Kier alpha value is -4.17. The molecule has 48 heavy (non-hydrogen) atoms. The molecule has 0 saturated heterocycles. The molecule has 0 unspecified atom stereocenters. The first kappa shape index (κ1) is 38.3. The van der Waals surface area contributed by atoms with Gasteiger partial charge in [-0.1, -0.05) is 37.1 Å². The second-order valence-corrected chi connectivity index (χ2v) is 11.3. The van der Waals surface area contributed by atoms with Gasteiger partial charge in [-0.15, -0.1) is 5.06 Å². The third-order valence-electron chi connectivity index (χ3n) is 7.38. The van der Waals surface area contributed by atoms with Crippen LogP contribution in [0.2, 0.25) is 0 Å². The first-order chi connectivity index (χ1) is 23.0. The van der Waals surface area contributed by atoms with Crippen LogP contribution in [0.15, 0.2) is 66.7 Å². The first-order valence-electron chi connectivity index (χ1n) is 15.9. The van der Waals surface area contributed by atoms with Crippen molar-refractivity contribution >= 4 is 23.4 Å². The Labute approximate surface area is 278 Å². The number of hydroxylamine groups is 1. The number of aryl methyl sites for hydroxylation is 1. The van der Waals surface area contributed by atoms with E-state index in [0.717, 1.165) is 74.8 Å². The van der Waals surface area contributed by atoms with Crippen molar-refractivity contribution < 1.29 is 47.7 Å². The van der Waals surface area contributed by atoms with E-state index in [1.807, 2.05) is 6.07 Å². The van der Waals surface area contributed by atoms with E-state index < -0.39 is 29.8 Å². The highest BCUT2D eigenvalue weighted by atomic mass is 19.4. The fraction of sp³-hybridized carbons (Fsp3) is 0.429. The Morgan fingerprint density at radius 1 is 0.917 bits per heavy atom. The lowest BCUT2D eigenvalue weighted by atomic mass is 10.1. The number of phenols is 1. The summed E-state index contributed by atoms with van der Waals surface area (Å²) in [7, 11) is 0. The number of aliphatic hydroxyl groups excluding tert-OH is 2. The van der Waals surface area contributed by atoms with Crippen LogP contribution in [0.5, 0.6) is 5.75 Å². The monoisotopic (exact) mass is 675 g/mol. The molecule has 0 spiro atoms. The molecule has 3 rings (SSSR count). The molecule has 0 saturated carbocycles. The van der Waals surface area contributed by atoms with Crippen LogP contribution in [-0.2, 0) is 33.6 Å². The molecule has 0 aliphatic carbocycles. The predicted molar refractivity (Wildman–Crippen MR) is 175 cm³/mol. The molecule has 0 aliphatic heterocycles. The molecule has 2 amide bonds. The van der Waals surface area contributed by atoms with Crippen molar-refractivity contribution in [2.75, 3.05) is 36.7 Å². The van der Waals surface area contributed by atoms with E-state index >= 15 is 0 Å². The maximum absolute atomic E-state index is 13.1. The number of urea groups is 1. The van der Waals surface area contributed by atoms with Gasteiger partial charge in [0.2, 0.25) is 0 Å². The van der Waals surface area contributed by atoms with Gasteiger partial charge < -0.3 is 35.5 Å². The summed E-state index contributed by atoms with van der Waals surface area (Å²) in [5.41, 5.74) is 1.14. The zero-order valence-corrected chi connectivity index (χ0v) is 27.0. The van der Waals surface area contributed by atoms with Crippen LogP contribution < -0.4 is 15.7 Å². The van der Waals surface area contributed by atoms with Crippen LogP contribution in [0.3, 0.4) is 0 Å². The summed E-state index contributed by atoms with van der Waals surface area (Å²) in [5, 5.41) is 35.5. The minimum Gasteiger partial charge on any atom is -0.508 e. The molecule has 3 aromatic rings. The fourth-order valence-electron chi connectivity index (χ4n) is 4.86. The van der Waals surface area contributed by atoms with Gasteiger partial charge in [0.05, 0.1) is 24.0 Å². The van der Waals surface area contributed by atoms with Crippen molar-refractivity contribution in [3.8, 4) is 5.75 Å². The number of hydrogen-bond donors (Lipinski definition) is 5. The van der Waals surface area contributed by atoms with E-state index in [1.54, 1.807) is 30.3 Å². The van der Waals surface area contributed by atoms with Gasteiger partial charge >= 0.3 is 18.2 Å². The molecule has 13 heteroatoms. The quantitative estimate of drug-likeness (QED) is 0.0747. The van der Waals surface area contributed by atoms with Crippen molar-refractivity contribution in [2.24, 2.45) is 0 Å². The van der Waals surface area contributed by atoms with Crippen molar-refractivity contribution in [1.29, 1.82) is 0 Å². The molecule has 0 aliphatic rings. The van der Waals surface area contributed by atoms with Crippen LogP contribution in [0.25, 0.3) is 0 Å². The molecule has 5 N–H and O–H groups in total. The Bertz CT molecular complexity index is 1450. The zero-order chi connectivity index (χ0) is 34.9. The lowest BCUT2D eigenvalue weighted by Gasteiger charge is -2.21. The topological polar surface area (TPSA) is 141 Å². The SMILES string of the molecule is CC(=O)ON(C(=O)Nc1cccc(C(F)(F)F)c1)c1cccc(CCCCOCCCCCCNC[C@H](O)c2ccc(O)c(CO)c2)c1. The van der Waals surface area contributed by atoms with E-state index in [9.17, 15) is 38.1 Å². The van der Waals surface area contributed by atoms with Crippen molar-refractivity contribution in [1.82, 2.24) is 5.32 Å². The second-order valence-electron chi connectivity index (χ2n) is 11.3. The number of carbonyl (C=O) groups excluding carboxylic acids is 2. The van der Waals surface area contributed by atoms with Gasteiger partial charge in [0.25, 0.3) is 0 Å². The van der Waals surface area contributed by atoms with Crippen molar-refractivity contribution in [3.05, 3.63) is 89.0 Å². The molecule has 0 bridgehead atoms. The van der Waals surface area contributed by atoms with Gasteiger partial charge in [-0.2, -0.15) is 13.2 Å². The summed E-state index contributed by atoms with van der Waals surface area (Å²) in [5.74, 6) is -0.763. The number of halogens is 3. The van der Waals surface area contributed by atoms with Crippen LogP contribution in [0, 0.1) is 0 Å². The standard InChI is InChI=1S/C35H44F3N3O7/c1-25(43)48-41(34(46)40-30-13-9-12-29(22-30)35(36,37)38)31-14-8-11-26(20-31)10-4-7-19-47-18-6-3-2-5-17-39-23-33(45)27-15-16-32(44)28(21-27)24-42/h8-9,11-16,20-22,33,39,42,44-45H,2-7,10,17-19,23-24H2,1H3,(H,40,46)/t33-/m0/s1. The average molecular weight is 676 g/mol. The molecule has 0 radical (unpaired) electrons. The molecule has 10 nitrogen and oxygen atoms in total. The number of aliphatic hydroxyl groups is 2. The number of nitrogens with one attached hydrogen (secondary N) is 2. The second kappa shape index (κ2) is 19.6. The zero-order valence-electron chi connectivity index (χ0n) is 27.0. The average Bonchev–Trinajstić information content (AvgIpc) is 3.05. The maximum atomic E-state index is 13.1. The number of hydrogen-bond acceptors (Lipinski definition) is 8. The van der Waals surface area contributed by atoms with Crippen LogP contribution in [0.4, 0.5) is 29.3 Å². The fourth-order valence-corrected chi connectivity index (χ4v) is 4.86. The summed E-state index contributed by atoms with van der Waals surface area (Å²) < 4.78 is 45.0. The van der Waals surface area contributed by atoms with E-state index in [1.165, 1.54) is 18.2 Å². The number of aromatic hydroxyl groups is 1. The van der Waals surface area contributed by atoms with E-state index in [4.69, 9.17) is 9.57 Å². The molecule has 0 heterocycles. The number of rotatable bonds is 18. The predicted octanol–water partition coefficient (Wildman–Crippen LogP) is 6.64. The smallest absolute Gasteiger partial charge is 0.416 e. The van der Waals surface area contributed by atoms with Gasteiger partial charge in [-0.3, -0.25) is 0 Å². The molecule has 0 aromatic heterocycles. The van der Waals surface area contributed by atoms with E-state index in [0.29, 0.717) is 37.3 Å². The molecule has 3 aromatic carbocycles. The lowest BCUT2D eigenvalue weighted by Crippen LogP contribution is -2.36. The summed E-state index contributed by atoms with van der Waals surface area (Å²) in [6.07, 6.45) is 0.966. The van der Waals surface area contributed by atoms with Crippen LogP contribution >= 0.6 is 0 Å². The number of amides is 2. The largest absolute Gasteiger partial charge is 0.508 e. The molecular formula is C35H44F3N3O7. The Morgan fingerprint density at radius 3 is 2.38 bits per heavy atom. The number of alkyl halides is 3. The van der Waals surface area contributed by atoms with E-state index in [-0.39, 0.29) is 23.7 Å².